The quantitative estimate of drug-likeness (QED) is 0.797. The summed E-state index contributed by atoms with van der Waals surface area (Å²) in [6.45, 7) is 3.11. The van der Waals surface area contributed by atoms with Crippen LogP contribution < -0.4 is 5.32 Å². The first-order valence-corrected chi connectivity index (χ1v) is 8.91. The Morgan fingerprint density at radius 1 is 1.36 bits per heavy atom. The van der Waals surface area contributed by atoms with Gasteiger partial charge in [0.15, 0.2) is 0 Å². The van der Waals surface area contributed by atoms with Crippen molar-refractivity contribution in [2.45, 2.75) is 44.8 Å². The molecule has 0 bridgehead atoms. The molecule has 1 aliphatic rings. The van der Waals surface area contributed by atoms with Gasteiger partial charge in [0.1, 0.15) is 6.04 Å². The molecule has 1 fully saturated rings. The highest BCUT2D eigenvalue weighted by Crippen LogP contribution is 2.28. The molecule has 11 heteroatoms. The number of carbonyl (C=O) groups excluding carboxylic acids is 1. The number of hydrogen-bond donors (Lipinski definition) is 1. The molecule has 0 spiro atoms. The van der Waals surface area contributed by atoms with Gasteiger partial charge in [-0.25, -0.2) is 0 Å². The standard InChI is InChI=1S/C17H18ClF3N4O3/c1-9-7-13(28-17(19,20)21)8-25(9)15(26)10(2)22-16-24-23-14(27-16)11-3-5-12(18)6-4-11/h3-6,9-10,13H,7-8H2,1-2H3,(H,22,24)/t9-,10+,13+/m0/s1. The molecule has 1 amide bonds. The van der Waals surface area contributed by atoms with Crippen molar-refractivity contribution in [3.05, 3.63) is 29.3 Å². The highest BCUT2D eigenvalue weighted by atomic mass is 35.5. The minimum absolute atomic E-state index is 0.0285. The Morgan fingerprint density at radius 3 is 2.68 bits per heavy atom. The second-order valence-corrected chi connectivity index (χ2v) is 6.98. The molecule has 1 aromatic heterocycles. The Kier molecular flexibility index (Phi) is 5.80. The van der Waals surface area contributed by atoms with Gasteiger partial charge in [0.2, 0.25) is 11.8 Å². The molecule has 1 aliphatic heterocycles. The van der Waals surface area contributed by atoms with Gasteiger partial charge >= 0.3 is 12.4 Å². The summed E-state index contributed by atoms with van der Waals surface area (Å²) in [5, 5.41) is 11.1. The van der Waals surface area contributed by atoms with Crippen molar-refractivity contribution in [1.29, 1.82) is 0 Å². The number of nitrogens with one attached hydrogen (secondary N) is 1. The van der Waals surface area contributed by atoms with Crippen LogP contribution in [0, 0.1) is 0 Å². The lowest BCUT2D eigenvalue weighted by Crippen LogP contribution is -2.43. The maximum absolute atomic E-state index is 12.6. The molecule has 152 valence electrons. The Hall–Kier alpha value is -2.33. The summed E-state index contributed by atoms with van der Waals surface area (Å²) >= 11 is 5.84. The number of nitrogens with zero attached hydrogens (tertiary/aromatic N) is 3. The molecule has 3 atom stereocenters. The number of likely N-dealkylation sites (tertiary alicyclic amines) is 1. The van der Waals surface area contributed by atoms with Gasteiger partial charge in [-0.15, -0.1) is 18.3 Å². The maximum atomic E-state index is 12.6. The summed E-state index contributed by atoms with van der Waals surface area (Å²) in [5.41, 5.74) is 0.657. The Bertz CT molecular complexity index is 828. The summed E-state index contributed by atoms with van der Waals surface area (Å²) in [4.78, 5) is 14.0. The zero-order valence-electron chi connectivity index (χ0n) is 15.0. The van der Waals surface area contributed by atoms with Crippen molar-refractivity contribution in [1.82, 2.24) is 15.1 Å². The molecule has 2 heterocycles. The molecule has 0 saturated carbocycles. The van der Waals surface area contributed by atoms with Crippen LogP contribution in [-0.4, -0.2) is 52.1 Å². The number of carbonyl (C=O) groups is 1. The molecular weight excluding hydrogens is 401 g/mol. The van der Waals surface area contributed by atoms with Gasteiger partial charge in [0.05, 0.1) is 6.10 Å². The summed E-state index contributed by atoms with van der Waals surface area (Å²) in [5.74, 6) is -0.140. The van der Waals surface area contributed by atoms with Gasteiger partial charge in [-0.05, 0) is 44.5 Å². The summed E-state index contributed by atoms with van der Waals surface area (Å²) in [7, 11) is 0. The first-order valence-electron chi connectivity index (χ1n) is 8.53. The fourth-order valence-electron chi connectivity index (χ4n) is 3.05. The van der Waals surface area contributed by atoms with E-state index in [-0.39, 0.29) is 36.8 Å². The fourth-order valence-corrected chi connectivity index (χ4v) is 3.18. The lowest BCUT2D eigenvalue weighted by molar-refractivity contribution is -0.340. The molecule has 1 aromatic carbocycles. The predicted molar refractivity (Wildman–Crippen MR) is 94.5 cm³/mol. The number of halogens is 4. The third kappa shape index (κ3) is 4.93. The van der Waals surface area contributed by atoms with E-state index < -0.39 is 18.5 Å². The molecule has 0 aliphatic carbocycles. The van der Waals surface area contributed by atoms with E-state index >= 15 is 0 Å². The molecule has 0 radical (unpaired) electrons. The minimum Gasteiger partial charge on any atom is -0.403 e. The zero-order valence-corrected chi connectivity index (χ0v) is 15.8. The SMILES string of the molecule is C[C@@H](Nc1nnc(-c2ccc(Cl)cc2)o1)C(=O)N1C[C@H](OC(F)(F)F)C[C@@H]1C. The fraction of sp³-hybridized carbons (Fsp3) is 0.471. The summed E-state index contributed by atoms with van der Waals surface area (Å²) in [6, 6.07) is 5.65. The van der Waals surface area contributed by atoms with E-state index in [2.05, 4.69) is 20.3 Å². The summed E-state index contributed by atoms with van der Waals surface area (Å²) in [6.07, 6.45) is -5.69. The van der Waals surface area contributed by atoms with E-state index in [9.17, 15) is 18.0 Å². The van der Waals surface area contributed by atoms with E-state index in [1.165, 1.54) is 4.90 Å². The van der Waals surface area contributed by atoms with E-state index in [0.717, 1.165) is 0 Å². The molecule has 1 saturated heterocycles. The number of alkyl halides is 3. The van der Waals surface area contributed by atoms with Gasteiger partial charge in [-0.1, -0.05) is 16.7 Å². The van der Waals surface area contributed by atoms with Gasteiger partial charge in [0.25, 0.3) is 0 Å². The van der Waals surface area contributed by atoms with Crippen LogP contribution in [0.25, 0.3) is 11.5 Å². The molecule has 1 N–H and O–H groups in total. The van der Waals surface area contributed by atoms with Crippen molar-refractivity contribution in [2.75, 3.05) is 11.9 Å². The van der Waals surface area contributed by atoms with Crippen LogP contribution in [0.5, 0.6) is 0 Å². The Labute approximate surface area is 163 Å². The zero-order chi connectivity index (χ0) is 20.5. The number of rotatable bonds is 5. The van der Waals surface area contributed by atoms with Crippen molar-refractivity contribution in [3.8, 4) is 11.5 Å². The van der Waals surface area contributed by atoms with Gasteiger partial charge in [-0.2, -0.15) is 0 Å². The second-order valence-electron chi connectivity index (χ2n) is 6.55. The average Bonchev–Trinajstić information content (AvgIpc) is 3.20. The number of anilines is 1. The van der Waals surface area contributed by atoms with Crippen LogP contribution >= 0.6 is 11.6 Å². The first-order chi connectivity index (χ1) is 13.1. The van der Waals surface area contributed by atoms with Crippen LogP contribution in [0.3, 0.4) is 0 Å². The second kappa shape index (κ2) is 7.96. The van der Waals surface area contributed by atoms with Crippen LogP contribution in [0.15, 0.2) is 28.7 Å². The largest absolute Gasteiger partial charge is 0.522 e. The highest BCUT2D eigenvalue weighted by Gasteiger charge is 2.41. The molecule has 2 aromatic rings. The molecular formula is C17H18ClF3N4O3. The van der Waals surface area contributed by atoms with E-state index in [0.29, 0.717) is 10.6 Å². The monoisotopic (exact) mass is 418 g/mol. The van der Waals surface area contributed by atoms with E-state index in [1.807, 2.05) is 0 Å². The Balaban J connectivity index is 1.61. The molecule has 7 nitrogen and oxygen atoms in total. The van der Waals surface area contributed by atoms with Crippen LogP contribution in [0.1, 0.15) is 20.3 Å². The molecule has 3 rings (SSSR count). The lowest BCUT2D eigenvalue weighted by atomic mass is 10.2. The number of hydrogen-bond acceptors (Lipinski definition) is 6. The topological polar surface area (TPSA) is 80.5 Å². The van der Waals surface area contributed by atoms with E-state index in [4.69, 9.17) is 16.0 Å². The predicted octanol–water partition coefficient (Wildman–Crippen LogP) is 3.72. The third-order valence-electron chi connectivity index (χ3n) is 4.35. The Morgan fingerprint density at radius 2 is 2.04 bits per heavy atom. The van der Waals surface area contributed by atoms with Crippen LogP contribution in [-0.2, 0) is 9.53 Å². The number of ether oxygens (including phenoxy) is 1. The number of aromatic nitrogens is 2. The normalized spacial score (nSPS) is 21.0. The van der Waals surface area contributed by atoms with Crippen molar-refractivity contribution >= 4 is 23.5 Å². The van der Waals surface area contributed by atoms with E-state index in [1.54, 1.807) is 38.1 Å². The van der Waals surface area contributed by atoms with Crippen molar-refractivity contribution in [3.63, 3.8) is 0 Å². The highest BCUT2D eigenvalue weighted by molar-refractivity contribution is 6.30. The summed E-state index contributed by atoms with van der Waals surface area (Å²) < 4.78 is 46.7. The van der Waals surface area contributed by atoms with Gasteiger partial charge in [0, 0.05) is 23.2 Å². The smallest absolute Gasteiger partial charge is 0.403 e. The van der Waals surface area contributed by atoms with Crippen molar-refractivity contribution in [2.24, 2.45) is 0 Å². The lowest BCUT2D eigenvalue weighted by Gasteiger charge is -2.25. The van der Waals surface area contributed by atoms with Crippen LogP contribution in [0.4, 0.5) is 19.2 Å². The van der Waals surface area contributed by atoms with Crippen molar-refractivity contribution < 1.29 is 27.1 Å². The minimum atomic E-state index is -4.73. The maximum Gasteiger partial charge on any atom is 0.522 e. The van der Waals surface area contributed by atoms with Gasteiger partial charge in [-0.3, -0.25) is 9.53 Å². The average molecular weight is 419 g/mol. The molecule has 0 unspecified atom stereocenters. The van der Waals surface area contributed by atoms with Gasteiger partial charge < -0.3 is 14.6 Å². The van der Waals surface area contributed by atoms with Crippen LogP contribution in [0.2, 0.25) is 5.02 Å². The number of benzene rings is 1. The first kappa shape index (κ1) is 20.4. The third-order valence-corrected chi connectivity index (χ3v) is 4.60. The molecule has 28 heavy (non-hydrogen) atoms. The number of amides is 1.